The Kier molecular flexibility index (Phi) is 19.7. The lowest BCUT2D eigenvalue weighted by Crippen LogP contribution is -2.38. The van der Waals surface area contributed by atoms with Crippen molar-refractivity contribution in [1.82, 2.24) is 4.98 Å². The van der Waals surface area contributed by atoms with E-state index in [4.69, 9.17) is 9.47 Å². The molecule has 6 heteroatoms. The topological polar surface area (TPSA) is 47.6 Å². The monoisotopic (exact) mass is 459 g/mol. The third-order valence-corrected chi connectivity index (χ3v) is 9.97. The average molecular weight is 460 g/mol. The summed E-state index contributed by atoms with van der Waals surface area (Å²) in [4.78, 5) is 15.6. The Hall–Kier alpha value is 0.117. The van der Waals surface area contributed by atoms with E-state index < -0.39 is 8.96 Å². The fourth-order valence-electron chi connectivity index (χ4n) is 3.96. The molecular weight excluding hydrogens is 410 g/mol. The molecule has 1 rings (SSSR count). The van der Waals surface area contributed by atoms with E-state index in [2.05, 4.69) is 18.8 Å². The molecular formula is C24H49NO3SSi. The van der Waals surface area contributed by atoms with Crippen LogP contribution in [0, 0.1) is 0 Å². The number of hydrogen-bond acceptors (Lipinski definition) is 5. The van der Waals surface area contributed by atoms with Crippen LogP contribution in [0.5, 0.6) is 0 Å². The third-order valence-electron chi connectivity index (χ3n) is 5.95. The summed E-state index contributed by atoms with van der Waals surface area (Å²) in [5.74, 6) is 1.00. The van der Waals surface area contributed by atoms with Crippen LogP contribution in [0.15, 0.2) is 0 Å². The standard InChI is InChI=1S/C24H49NO3SSi/c1-3-5-7-8-9-10-11-18-27-22-28-23-14-12-17-25-30(21-16-23)20-13-19-29-24(26)15-6-4-2/h23,25,30H,3-22H2,1-2H3. The van der Waals surface area contributed by atoms with Crippen molar-refractivity contribution in [3.63, 3.8) is 0 Å². The fraction of sp³-hybridized carbons (Fsp3) is 0.958. The quantitative estimate of drug-likeness (QED) is 0.145. The zero-order valence-corrected chi connectivity index (χ0v) is 21.9. The molecule has 0 radical (unpaired) electrons. The summed E-state index contributed by atoms with van der Waals surface area (Å²) < 4.78 is 11.8. The van der Waals surface area contributed by atoms with E-state index in [9.17, 15) is 4.79 Å². The van der Waals surface area contributed by atoms with E-state index in [1.165, 1.54) is 69.9 Å². The van der Waals surface area contributed by atoms with Crippen molar-refractivity contribution in [2.24, 2.45) is 0 Å². The van der Waals surface area contributed by atoms with Gasteiger partial charge in [-0.25, -0.2) is 0 Å². The van der Waals surface area contributed by atoms with Crippen LogP contribution in [0.1, 0.15) is 104 Å². The maximum atomic E-state index is 11.8. The van der Waals surface area contributed by atoms with Crippen molar-refractivity contribution in [2.45, 2.75) is 122 Å². The largest absolute Gasteiger partial charge is 0.355 e. The van der Waals surface area contributed by atoms with Gasteiger partial charge in [0.2, 0.25) is 0 Å². The molecule has 178 valence electrons. The predicted molar refractivity (Wildman–Crippen MR) is 134 cm³/mol. The van der Waals surface area contributed by atoms with E-state index in [0.717, 1.165) is 51.0 Å². The molecule has 0 amide bonds. The van der Waals surface area contributed by atoms with Gasteiger partial charge in [-0.1, -0.05) is 70.6 Å². The molecule has 1 aliphatic heterocycles. The number of thioether (sulfide) groups is 1. The van der Waals surface area contributed by atoms with Gasteiger partial charge in [0.25, 0.3) is 0 Å². The molecule has 1 aliphatic rings. The summed E-state index contributed by atoms with van der Waals surface area (Å²) in [6.07, 6.45) is 17.2. The Labute approximate surface area is 192 Å². The minimum Gasteiger partial charge on any atom is -0.355 e. The van der Waals surface area contributed by atoms with Crippen molar-refractivity contribution in [3.8, 4) is 0 Å². The maximum Gasteiger partial charge on any atom is 0.188 e. The minimum atomic E-state index is -0.888. The molecule has 1 fully saturated rings. The first-order chi connectivity index (χ1) is 14.8. The third kappa shape index (κ3) is 16.8. The number of ether oxygens (including phenoxy) is 2. The summed E-state index contributed by atoms with van der Waals surface area (Å²) in [6.45, 7) is 6.86. The van der Waals surface area contributed by atoms with Gasteiger partial charge in [-0.15, -0.1) is 0 Å². The molecule has 2 atom stereocenters. The van der Waals surface area contributed by atoms with Gasteiger partial charge in [-0.2, -0.15) is 0 Å². The van der Waals surface area contributed by atoms with E-state index in [-0.39, 0.29) is 0 Å². The molecule has 4 nitrogen and oxygen atoms in total. The SMILES string of the molecule is CCCCCCCCCOCOC1CCCN[SiH](CCCSC(=O)CCCC)CC1. The number of carbonyl (C=O) groups excluding carboxylic acids is 1. The lowest BCUT2D eigenvalue weighted by Gasteiger charge is -2.25. The number of carbonyl (C=O) groups is 1. The number of hydrogen-bond donors (Lipinski definition) is 1. The highest BCUT2D eigenvalue weighted by molar-refractivity contribution is 8.13. The Morgan fingerprint density at radius 3 is 2.57 bits per heavy atom. The second-order valence-electron chi connectivity index (χ2n) is 8.77. The van der Waals surface area contributed by atoms with E-state index in [1.54, 1.807) is 11.8 Å². The molecule has 2 unspecified atom stereocenters. The number of unbranched alkanes of at least 4 members (excludes halogenated alkanes) is 7. The minimum absolute atomic E-state index is 0.376. The Morgan fingerprint density at radius 2 is 1.77 bits per heavy atom. The molecule has 0 spiro atoms. The molecule has 0 aromatic heterocycles. The van der Waals surface area contributed by atoms with Crippen LogP contribution in [-0.2, 0) is 14.3 Å². The average Bonchev–Trinajstić information content (AvgIpc) is 2.73. The summed E-state index contributed by atoms with van der Waals surface area (Å²) in [7, 11) is -0.888. The smallest absolute Gasteiger partial charge is 0.188 e. The van der Waals surface area contributed by atoms with Gasteiger partial charge >= 0.3 is 0 Å². The highest BCUT2D eigenvalue weighted by Crippen LogP contribution is 2.18. The molecule has 0 saturated carbocycles. The van der Waals surface area contributed by atoms with Crippen molar-refractivity contribution in [1.29, 1.82) is 0 Å². The van der Waals surface area contributed by atoms with Gasteiger partial charge in [-0.05, 0) is 57.2 Å². The lowest BCUT2D eigenvalue weighted by atomic mass is 10.1. The van der Waals surface area contributed by atoms with Crippen LogP contribution < -0.4 is 4.98 Å². The molecule has 0 aromatic rings. The van der Waals surface area contributed by atoms with Gasteiger partial charge < -0.3 is 14.5 Å². The number of rotatable bonds is 18. The van der Waals surface area contributed by atoms with Crippen LogP contribution in [0.25, 0.3) is 0 Å². The van der Waals surface area contributed by atoms with Crippen molar-refractivity contribution in [3.05, 3.63) is 0 Å². The van der Waals surface area contributed by atoms with Gasteiger partial charge in [0.05, 0.1) is 6.10 Å². The fourth-order valence-corrected chi connectivity index (χ4v) is 7.86. The van der Waals surface area contributed by atoms with Crippen molar-refractivity contribution < 1.29 is 14.3 Å². The van der Waals surface area contributed by atoms with Gasteiger partial charge in [0.15, 0.2) is 5.12 Å². The molecule has 0 aromatic carbocycles. The van der Waals surface area contributed by atoms with Crippen LogP contribution in [0.4, 0.5) is 0 Å². The van der Waals surface area contributed by atoms with Crippen LogP contribution in [0.3, 0.4) is 0 Å². The van der Waals surface area contributed by atoms with E-state index in [1.807, 2.05) is 0 Å². The zero-order valence-electron chi connectivity index (χ0n) is 19.9. The second-order valence-corrected chi connectivity index (χ2v) is 12.9. The van der Waals surface area contributed by atoms with Gasteiger partial charge in [0.1, 0.15) is 15.8 Å². The Bertz CT molecular complexity index is 401. The molecule has 1 heterocycles. The highest BCUT2D eigenvalue weighted by atomic mass is 32.2. The second kappa shape index (κ2) is 21.0. The van der Waals surface area contributed by atoms with Gasteiger partial charge in [0, 0.05) is 18.8 Å². The summed E-state index contributed by atoms with van der Waals surface area (Å²) in [6, 6.07) is 2.60. The predicted octanol–water partition coefficient (Wildman–Crippen LogP) is 6.43. The summed E-state index contributed by atoms with van der Waals surface area (Å²) in [5, 5.41) is 0.383. The first kappa shape index (κ1) is 28.2. The molecule has 0 bridgehead atoms. The molecule has 0 aliphatic carbocycles. The highest BCUT2D eigenvalue weighted by Gasteiger charge is 2.18. The normalized spacial score (nSPS) is 20.1. The van der Waals surface area contributed by atoms with E-state index in [0.29, 0.717) is 18.0 Å². The Morgan fingerprint density at radius 1 is 1.00 bits per heavy atom. The number of nitrogens with one attached hydrogen (secondary N) is 1. The maximum absolute atomic E-state index is 11.8. The van der Waals surface area contributed by atoms with Crippen molar-refractivity contribution >= 4 is 25.8 Å². The van der Waals surface area contributed by atoms with Crippen LogP contribution in [-0.4, -0.2) is 45.9 Å². The molecule has 1 saturated heterocycles. The first-order valence-corrected chi connectivity index (χ1v) is 16.0. The van der Waals surface area contributed by atoms with Crippen LogP contribution >= 0.6 is 11.8 Å². The lowest BCUT2D eigenvalue weighted by molar-refractivity contribution is -0.111. The Balaban J connectivity index is 2.01. The van der Waals surface area contributed by atoms with E-state index >= 15 is 0 Å². The molecule has 1 N–H and O–H groups in total. The summed E-state index contributed by atoms with van der Waals surface area (Å²) in [5.41, 5.74) is 0. The van der Waals surface area contributed by atoms with Crippen LogP contribution in [0.2, 0.25) is 12.1 Å². The first-order valence-electron chi connectivity index (χ1n) is 12.8. The molecule has 30 heavy (non-hydrogen) atoms. The van der Waals surface area contributed by atoms with Crippen molar-refractivity contribution in [2.75, 3.05) is 25.7 Å². The zero-order chi connectivity index (χ0) is 21.7. The summed E-state index contributed by atoms with van der Waals surface area (Å²) >= 11 is 1.55. The van der Waals surface area contributed by atoms with Gasteiger partial charge in [-0.3, -0.25) is 4.79 Å².